The predicted molar refractivity (Wildman–Crippen MR) is 95.7 cm³/mol. The third-order valence-corrected chi connectivity index (χ3v) is 3.14. The number of ether oxygens (including phenoxy) is 1. The van der Waals surface area contributed by atoms with Gasteiger partial charge in [0, 0.05) is 23.9 Å². The van der Waals surface area contributed by atoms with E-state index in [1.165, 1.54) is 0 Å². The van der Waals surface area contributed by atoms with Gasteiger partial charge in [0.05, 0.1) is 6.61 Å². The van der Waals surface area contributed by atoms with E-state index in [1.807, 2.05) is 52.0 Å². The molecule has 1 amide bonds. The normalized spacial score (nSPS) is 10.5. The van der Waals surface area contributed by atoms with Crippen LogP contribution in [0.2, 0.25) is 0 Å². The van der Waals surface area contributed by atoms with Crippen molar-refractivity contribution in [3.8, 4) is 5.88 Å². The number of nitrogens with one attached hydrogen (secondary N) is 2. The number of aryl methyl sites for hydroxylation is 1. The van der Waals surface area contributed by atoms with Gasteiger partial charge in [-0.25, -0.2) is 4.98 Å². The first kappa shape index (κ1) is 17.7. The fourth-order valence-corrected chi connectivity index (χ4v) is 2.19. The number of benzene rings is 1. The number of amides is 1. The molecule has 0 saturated carbocycles. The molecule has 1 heterocycles. The molecular formula is C18H24N4O2. The maximum atomic E-state index is 11.8. The summed E-state index contributed by atoms with van der Waals surface area (Å²) in [5, 5.41) is 6.10. The van der Waals surface area contributed by atoms with Crippen molar-refractivity contribution in [1.29, 1.82) is 0 Å². The summed E-state index contributed by atoms with van der Waals surface area (Å²) >= 11 is 0. The lowest BCUT2D eigenvalue weighted by atomic mass is 10.1. The average Bonchev–Trinajstić information content (AvgIpc) is 2.48. The van der Waals surface area contributed by atoms with E-state index in [0.29, 0.717) is 36.5 Å². The Bertz CT molecular complexity index is 684. The van der Waals surface area contributed by atoms with Crippen molar-refractivity contribution < 1.29 is 9.53 Å². The molecule has 128 valence electrons. The highest BCUT2D eigenvalue weighted by molar-refractivity contribution is 5.91. The van der Waals surface area contributed by atoms with E-state index < -0.39 is 0 Å². The Labute approximate surface area is 142 Å². The van der Waals surface area contributed by atoms with Crippen LogP contribution in [0, 0.1) is 12.8 Å². The number of carbonyl (C=O) groups excluding carboxylic acids is 1. The zero-order valence-electron chi connectivity index (χ0n) is 14.6. The summed E-state index contributed by atoms with van der Waals surface area (Å²) in [7, 11) is 0. The van der Waals surface area contributed by atoms with Crippen LogP contribution in [0.5, 0.6) is 5.88 Å². The minimum Gasteiger partial charge on any atom is -0.478 e. The van der Waals surface area contributed by atoms with Gasteiger partial charge in [0.15, 0.2) is 0 Å². The second kappa shape index (κ2) is 8.29. The van der Waals surface area contributed by atoms with Crippen LogP contribution in [0.3, 0.4) is 0 Å². The highest BCUT2D eigenvalue weighted by Crippen LogP contribution is 2.20. The first-order valence-corrected chi connectivity index (χ1v) is 8.11. The van der Waals surface area contributed by atoms with Gasteiger partial charge < -0.3 is 15.4 Å². The number of hydrogen-bond acceptors (Lipinski definition) is 5. The van der Waals surface area contributed by atoms with Gasteiger partial charge in [-0.2, -0.15) is 4.98 Å². The molecule has 0 radical (unpaired) electrons. The van der Waals surface area contributed by atoms with E-state index in [-0.39, 0.29) is 5.91 Å². The van der Waals surface area contributed by atoms with Gasteiger partial charge >= 0.3 is 0 Å². The van der Waals surface area contributed by atoms with E-state index in [9.17, 15) is 4.79 Å². The van der Waals surface area contributed by atoms with Gasteiger partial charge in [-0.05, 0) is 44.0 Å². The lowest BCUT2D eigenvalue weighted by molar-refractivity contribution is -0.116. The summed E-state index contributed by atoms with van der Waals surface area (Å²) in [5.41, 5.74) is 1.65. The molecular weight excluding hydrogens is 304 g/mol. The second-order valence-corrected chi connectivity index (χ2v) is 5.92. The van der Waals surface area contributed by atoms with Crippen LogP contribution < -0.4 is 15.4 Å². The highest BCUT2D eigenvalue weighted by atomic mass is 16.5. The van der Waals surface area contributed by atoms with Crippen LogP contribution in [0.1, 0.15) is 33.0 Å². The van der Waals surface area contributed by atoms with Gasteiger partial charge in [0.2, 0.25) is 11.8 Å². The Morgan fingerprint density at radius 3 is 2.46 bits per heavy atom. The Kier molecular flexibility index (Phi) is 6.12. The molecule has 0 aliphatic heterocycles. The zero-order valence-corrected chi connectivity index (χ0v) is 14.6. The number of hydrogen-bond donors (Lipinski definition) is 2. The Balaban J connectivity index is 2.02. The molecule has 2 N–H and O–H groups in total. The van der Waals surface area contributed by atoms with Crippen molar-refractivity contribution >= 4 is 23.1 Å². The quantitative estimate of drug-likeness (QED) is 0.806. The first-order valence-electron chi connectivity index (χ1n) is 8.11. The maximum Gasteiger partial charge on any atom is 0.224 e. The number of aromatic nitrogens is 2. The molecule has 0 spiro atoms. The minimum absolute atomic E-state index is 0.0264. The van der Waals surface area contributed by atoms with Crippen LogP contribution in [-0.2, 0) is 4.79 Å². The average molecular weight is 328 g/mol. The van der Waals surface area contributed by atoms with Crippen molar-refractivity contribution in [1.82, 2.24) is 9.97 Å². The summed E-state index contributed by atoms with van der Waals surface area (Å²) in [6.45, 7) is 8.33. The van der Waals surface area contributed by atoms with Crippen molar-refractivity contribution in [3.05, 3.63) is 36.2 Å². The van der Waals surface area contributed by atoms with E-state index in [4.69, 9.17) is 4.74 Å². The SMILES string of the molecule is CCOc1cc(Nc2ccc(NC(=O)CC(C)C)cc2)nc(C)n1. The third kappa shape index (κ3) is 5.53. The fourth-order valence-electron chi connectivity index (χ4n) is 2.19. The maximum absolute atomic E-state index is 11.8. The molecule has 24 heavy (non-hydrogen) atoms. The summed E-state index contributed by atoms with van der Waals surface area (Å²) < 4.78 is 5.42. The van der Waals surface area contributed by atoms with E-state index in [1.54, 1.807) is 6.07 Å². The lowest BCUT2D eigenvalue weighted by Gasteiger charge is -2.10. The number of anilines is 3. The molecule has 0 aliphatic carbocycles. The molecule has 0 fully saturated rings. The molecule has 0 unspecified atom stereocenters. The van der Waals surface area contributed by atoms with Gasteiger partial charge in [0.1, 0.15) is 11.6 Å². The lowest BCUT2D eigenvalue weighted by Crippen LogP contribution is -2.13. The predicted octanol–water partition coefficient (Wildman–Crippen LogP) is 3.91. The molecule has 6 heteroatoms. The summed E-state index contributed by atoms with van der Waals surface area (Å²) in [4.78, 5) is 20.3. The topological polar surface area (TPSA) is 76.1 Å². The number of carbonyl (C=O) groups is 1. The Morgan fingerprint density at radius 2 is 1.83 bits per heavy atom. The van der Waals surface area contributed by atoms with Crippen LogP contribution in [0.4, 0.5) is 17.2 Å². The minimum atomic E-state index is 0.0264. The van der Waals surface area contributed by atoms with Gasteiger partial charge in [-0.3, -0.25) is 4.79 Å². The summed E-state index contributed by atoms with van der Waals surface area (Å²) in [6.07, 6.45) is 0.514. The van der Waals surface area contributed by atoms with Gasteiger partial charge in [-0.1, -0.05) is 13.8 Å². The standard InChI is InChI=1S/C18H24N4O2/c1-5-24-18-11-16(19-13(4)20-18)21-14-6-8-15(9-7-14)22-17(23)10-12(2)3/h6-9,11-12H,5,10H2,1-4H3,(H,22,23)(H,19,20,21). The van der Waals surface area contributed by atoms with E-state index in [0.717, 1.165) is 11.4 Å². The summed E-state index contributed by atoms with van der Waals surface area (Å²) in [6, 6.07) is 9.26. The molecule has 2 rings (SSSR count). The first-order chi connectivity index (χ1) is 11.5. The molecule has 0 saturated heterocycles. The molecule has 2 aromatic rings. The largest absolute Gasteiger partial charge is 0.478 e. The Morgan fingerprint density at radius 1 is 1.17 bits per heavy atom. The van der Waals surface area contributed by atoms with Crippen molar-refractivity contribution in [2.24, 2.45) is 5.92 Å². The van der Waals surface area contributed by atoms with Crippen LogP contribution in [0.15, 0.2) is 30.3 Å². The van der Waals surface area contributed by atoms with Crippen LogP contribution >= 0.6 is 0 Å². The smallest absolute Gasteiger partial charge is 0.224 e. The molecule has 1 aromatic heterocycles. The third-order valence-electron chi connectivity index (χ3n) is 3.14. The van der Waals surface area contributed by atoms with Crippen molar-refractivity contribution in [3.63, 3.8) is 0 Å². The highest BCUT2D eigenvalue weighted by Gasteiger charge is 2.06. The van der Waals surface area contributed by atoms with E-state index in [2.05, 4.69) is 20.6 Å². The monoisotopic (exact) mass is 328 g/mol. The van der Waals surface area contributed by atoms with Crippen molar-refractivity contribution in [2.45, 2.75) is 34.1 Å². The number of rotatable bonds is 7. The number of nitrogens with zero attached hydrogens (tertiary/aromatic N) is 2. The molecule has 0 atom stereocenters. The van der Waals surface area contributed by atoms with Crippen LogP contribution in [-0.4, -0.2) is 22.5 Å². The Hall–Kier alpha value is -2.63. The molecule has 6 nitrogen and oxygen atoms in total. The van der Waals surface area contributed by atoms with Crippen molar-refractivity contribution in [2.75, 3.05) is 17.2 Å². The zero-order chi connectivity index (χ0) is 17.5. The van der Waals surface area contributed by atoms with Gasteiger partial charge in [0.25, 0.3) is 0 Å². The van der Waals surface area contributed by atoms with Gasteiger partial charge in [-0.15, -0.1) is 0 Å². The van der Waals surface area contributed by atoms with E-state index >= 15 is 0 Å². The van der Waals surface area contributed by atoms with Crippen LogP contribution in [0.25, 0.3) is 0 Å². The second-order valence-electron chi connectivity index (χ2n) is 5.92. The molecule has 1 aromatic carbocycles. The summed E-state index contributed by atoms with van der Waals surface area (Å²) in [5.74, 6) is 2.22. The fraction of sp³-hybridized carbons (Fsp3) is 0.389. The molecule has 0 aliphatic rings. The molecule has 0 bridgehead atoms.